The van der Waals surface area contributed by atoms with E-state index in [1.165, 1.54) is 19.1 Å². The Hall–Kier alpha value is -2.51. The van der Waals surface area contributed by atoms with Gasteiger partial charge in [0.25, 0.3) is 0 Å². The highest BCUT2D eigenvalue weighted by Crippen LogP contribution is 2.34. The van der Waals surface area contributed by atoms with Gasteiger partial charge >= 0.3 is 18.2 Å². The minimum Gasteiger partial charge on any atom is -0.466 e. The third-order valence-electron chi connectivity index (χ3n) is 2.56. The Morgan fingerprint density at radius 2 is 1.86 bits per heavy atom. The summed E-state index contributed by atoms with van der Waals surface area (Å²) < 4.78 is 47.5. The van der Waals surface area contributed by atoms with Crippen LogP contribution >= 0.6 is 0 Å². The molecule has 8 heteroatoms. The topological polar surface area (TPSA) is 64.6 Å². The van der Waals surface area contributed by atoms with Gasteiger partial charge < -0.3 is 9.47 Å². The summed E-state index contributed by atoms with van der Waals surface area (Å²) in [6.07, 6.45) is -7.27. The van der Waals surface area contributed by atoms with Crippen molar-refractivity contribution in [3.8, 4) is 0 Å². The third-order valence-corrected chi connectivity index (χ3v) is 2.56. The van der Waals surface area contributed by atoms with Gasteiger partial charge in [-0.05, 0) is 24.6 Å². The molecular formula is C14H14F3NO4. The van der Waals surface area contributed by atoms with Crippen LogP contribution in [0.15, 0.2) is 36.4 Å². The molecule has 1 aromatic rings. The predicted molar refractivity (Wildman–Crippen MR) is 72.2 cm³/mol. The van der Waals surface area contributed by atoms with Crippen molar-refractivity contribution in [2.24, 2.45) is 0 Å². The van der Waals surface area contributed by atoms with E-state index in [9.17, 15) is 22.8 Å². The molecule has 0 bridgehead atoms. The second kappa shape index (κ2) is 6.97. The monoisotopic (exact) mass is 317 g/mol. The van der Waals surface area contributed by atoms with Crippen LogP contribution in [0, 0.1) is 0 Å². The fraction of sp³-hybridized carbons (Fsp3) is 0.286. The number of hydrogen-bond acceptors (Lipinski definition) is 4. The molecule has 5 nitrogen and oxygen atoms in total. The molecule has 1 unspecified atom stereocenters. The lowest BCUT2D eigenvalue weighted by atomic mass is 10.1. The van der Waals surface area contributed by atoms with Crippen molar-refractivity contribution >= 4 is 17.7 Å². The van der Waals surface area contributed by atoms with Crippen LogP contribution < -0.4 is 5.32 Å². The van der Waals surface area contributed by atoms with Crippen LogP contribution in [0.1, 0.15) is 12.5 Å². The fourth-order valence-corrected chi connectivity index (χ4v) is 1.54. The smallest absolute Gasteiger partial charge is 0.418 e. The van der Waals surface area contributed by atoms with Crippen molar-refractivity contribution in [3.63, 3.8) is 0 Å². The van der Waals surface area contributed by atoms with E-state index in [2.05, 4.69) is 11.3 Å². The van der Waals surface area contributed by atoms with Crippen molar-refractivity contribution in [1.29, 1.82) is 0 Å². The van der Waals surface area contributed by atoms with Crippen molar-refractivity contribution in [2.75, 3.05) is 12.4 Å². The second-order valence-electron chi connectivity index (χ2n) is 4.32. The van der Waals surface area contributed by atoms with E-state index in [4.69, 9.17) is 4.74 Å². The van der Waals surface area contributed by atoms with Gasteiger partial charge in [-0.25, -0.2) is 9.59 Å². The number of amides is 1. The Balaban J connectivity index is 2.90. The summed E-state index contributed by atoms with van der Waals surface area (Å²) in [5.74, 6) is -0.883. The number of alkyl halides is 3. The summed E-state index contributed by atoms with van der Waals surface area (Å²) in [5, 5.41) is 1.95. The summed E-state index contributed by atoms with van der Waals surface area (Å²) in [4.78, 5) is 23.1. The average Bonchev–Trinajstić information content (AvgIpc) is 2.43. The zero-order valence-corrected chi connectivity index (χ0v) is 11.9. The third kappa shape index (κ3) is 4.51. The van der Waals surface area contributed by atoms with Gasteiger partial charge in [0.05, 0.1) is 18.4 Å². The molecule has 1 N–H and O–H groups in total. The highest BCUT2D eigenvalue weighted by Gasteiger charge is 2.34. The van der Waals surface area contributed by atoms with E-state index < -0.39 is 35.6 Å². The molecule has 1 atom stereocenters. The van der Waals surface area contributed by atoms with E-state index in [1.54, 1.807) is 0 Å². The van der Waals surface area contributed by atoms with Crippen LogP contribution in [0.3, 0.4) is 0 Å². The maximum atomic E-state index is 12.8. The summed E-state index contributed by atoms with van der Waals surface area (Å²) >= 11 is 0. The van der Waals surface area contributed by atoms with Crippen molar-refractivity contribution < 1.29 is 32.2 Å². The first kappa shape index (κ1) is 17.5. The molecule has 0 aliphatic rings. The molecule has 22 heavy (non-hydrogen) atoms. The molecule has 0 aromatic heterocycles. The Kier molecular flexibility index (Phi) is 5.56. The molecule has 0 heterocycles. The molecule has 0 spiro atoms. The number of halogens is 3. The molecule has 1 aromatic carbocycles. The first-order chi connectivity index (χ1) is 10.2. The molecule has 120 valence electrons. The average molecular weight is 317 g/mol. The van der Waals surface area contributed by atoms with Crippen LogP contribution in [-0.2, 0) is 20.4 Å². The minimum atomic E-state index is -4.64. The van der Waals surface area contributed by atoms with Gasteiger partial charge in [-0.2, -0.15) is 13.2 Å². The number of carbonyl (C=O) groups excluding carboxylic acids is 2. The molecule has 0 saturated heterocycles. The number of carbonyl (C=O) groups is 2. The number of ether oxygens (including phenoxy) is 2. The van der Waals surface area contributed by atoms with Gasteiger partial charge in [0.15, 0.2) is 0 Å². The highest BCUT2D eigenvalue weighted by molar-refractivity contribution is 5.89. The number of methoxy groups -OCH3 is 1. The number of hydrogen-bond donors (Lipinski definition) is 1. The Bertz CT molecular complexity index is 584. The van der Waals surface area contributed by atoms with Crippen LogP contribution in [0.5, 0.6) is 0 Å². The van der Waals surface area contributed by atoms with E-state index in [0.29, 0.717) is 0 Å². The molecule has 0 aliphatic carbocycles. The van der Waals surface area contributed by atoms with Crippen LogP contribution in [0.2, 0.25) is 0 Å². The maximum Gasteiger partial charge on any atom is 0.418 e. The first-order valence-electron chi connectivity index (χ1n) is 6.04. The largest absolute Gasteiger partial charge is 0.466 e. The molecular weight excluding hydrogens is 303 g/mol. The predicted octanol–water partition coefficient (Wildman–Crippen LogP) is 3.37. The van der Waals surface area contributed by atoms with Crippen molar-refractivity contribution in [2.45, 2.75) is 19.2 Å². The van der Waals surface area contributed by atoms with Gasteiger partial charge in [0.2, 0.25) is 6.10 Å². The van der Waals surface area contributed by atoms with E-state index >= 15 is 0 Å². The first-order valence-corrected chi connectivity index (χ1v) is 6.04. The molecule has 0 aliphatic heterocycles. The molecule has 1 rings (SSSR count). The maximum absolute atomic E-state index is 12.8. The Labute approximate surface area is 124 Å². The quantitative estimate of drug-likeness (QED) is 0.683. The van der Waals surface area contributed by atoms with Crippen LogP contribution in [0.4, 0.5) is 23.7 Å². The van der Waals surface area contributed by atoms with Crippen LogP contribution in [-0.4, -0.2) is 25.3 Å². The second-order valence-corrected chi connectivity index (χ2v) is 4.32. The molecule has 0 fully saturated rings. The summed E-state index contributed by atoms with van der Waals surface area (Å²) in [6, 6.07) is 4.38. The van der Waals surface area contributed by atoms with Gasteiger partial charge in [0, 0.05) is 0 Å². The Morgan fingerprint density at radius 1 is 1.27 bits per heavy atom. The van der Waals surface area contributed by atoms with Crippen LogP contribution in [0.25, 0.3) is 0 Å². The molecule has 1 amide bonds. The summed E-state index contributed by atoms with van der Waals surface area (Å²) in [7, 11) is 1.08. The number of benzene rings is 1. The van der Waals surface area contributed by atoms with E-state index in [-0.39, 0.29) is 5.57 Å². The van der Waals surface area contributed by atoms with Crippen molar-refractivity contribution in [1.82, 2.24) is 0 Å². The van der Waals surface area contributed by atoms with Gasteiger partial charge in [0.1, 0.15) is 0 Å². The SMILES string of the molecule is C=C(C)C(OC(=O)Nc1ccccc1C(F)(F)F)C(=O)OC. The van der Waals surface area contributed by atoms with Crippen molar-refractivity contribution in [3.05, 3.63) is 42.0 Å². The standard InChI is InChI=1S/C14H14F3NO4/c1-8(2)11(12(19)21-3)22-13(20)18-10-7-5-4-6-9(10)14(15,16)17/h4-7,11H,1H2,2-3H3,(H,18,20). The lowest BCUT2D eigenvalue weighted by Gasteiger charge is -2.17. The van der Waals surface area contributed by atoms with E-state index in [1.807, 2.05) is 5.32 Å². The molecule has 0 saturated carbocycles. The molecule has 0 radical (unpaired) electrons. The van der Waals surface area contributed by atoms with Gasteiger partial charge in [-0.15, -0.1) is 0 Å². The lowest BCUT2D eigenvalue weighted by molar-refractivity contribution is -0.148. The zero-order valence-electron chi connectivity index (χ0n) is 11.9. The summed E-state index contributed by atoms with van der Waals surface area (Å²) in [6.45, 7) is 4.87. The van der Waals surface area contributed by atoms with Gasteiger partial charge in [-0.3, -0.25) is 5.32 Å². The number of rotatable bonds is 4. The lowest BCUT2D eigenvalue weighted by Crippen LogP contribution is -2.31. The number of anilines is 1. The zero-order chi connectivity index (χ0) is 16.9. The summed E-state index contributed by atoms with van der Waals surface area (Å²) in [5.41, 5.74) is -1.34. The highest BCUT2D eigenvalue weighted by atomic mass is 19.4. The number of esters is 1. The normalized spacial score (nSPS) is 12.2. The number of para-hydroxylation sites is 1. The Morgan fingerprint density at radius 3 is 2.36 bits per heavy atom. The minimum absolute atomic E-state index is 0.172. The fourth-order valence-electron chi connectivity index (χ4n) is 1.54. The number of nitrogens with one attached hydrogen (secondary N) is 1. The van der Waals surface area contributed by atoms with E-state index in [0.717, 1.165) is 19.2 Å². The van der Waals surface area contributed by atoms with Gasteiger partial charge in [-0.1, -0.05) is 18.7 Å².